The normalized spacial score (nSPS) is 12.2. The van der Waals surface area contributed by atoms with Gasteiger partial charge in [0.05, 0.1) is 5.02 Å². The first kappa shape index (κ1) is 13.1. The molecule has 0 fully saturated rings. The lowest BCUT2D eigenvalue weighted by molar-refractivity contribution is 0.0966. The molecule has 0 radical (unpaired) electrons. The summed E-state index contributed by atoms with van der Waals surface area (Å²) >= 11 is 11.9. The van der Waals surface area contributed by atoms with Crippen molar-refractivity contribution >= 4 is 29.0 Å². The number of ketones is 1. The highest BCUT2D eigenvalue weighted by Gasteiger charge is 2.19. The van der Waals surface area contributed by atoms with E-state index in [1.165, 1.54) is 0 Å². The van der Waals surface area contributed by atoms with Crippen LogP contribution < -0.4 is 0 Å². The molecule has 0 saturated heterocycles. The zero-order valence-electron chi connectivity index (χ0n) is 9.73. The van der Waals surface area contributed by atoms with Gasteiger partial charge in [-0.1, -0.05) is 30.1 Å². The minimum absolute atomic E-state index is 0.0475. The van der Waals surface area contributed by atoms with Crippen LogP contribution >= 0.6 is 23.2 Å². The van der Waals surface area contributed by atoms with Gasteiger partial charge >= 0.3 is 0 Å². The third-order valence-corrected chi connectivity index (χ3v) is 3.36. The molecule has 1 aromatic carbocycles. The number of carbonyl (C=O) groups is 1. The first-order chi connectivity index (χ1) is 8.59. The number of rotatable bonds is 3. The molecule has 18 heavy (non-hydrogen) atoms. The predicted octanol–water partition coefficient (Wildman–Crippen LogP) is 4.37. The first-order valence-corrected chi connectivity index (χ1v) is 6.24. The molecule has 0 aliphatic heterocycles. The quantitative estimate of drug-likeness (QED) is 0.781. The molecule has 0 bridgehead atoms. The SMILES string of the molecule is CC(C(=O)c1cc(Cl)ccc1Cl)c1ccncc1. The molecule has 1 unspecified atom stereocenters. The molecule has 4 heteroatoms. The van der Waals surface area contributed by atoms with Crippen LogP contribution in [0.5, 0.6) is 0 Å². The number of hydrogen-bond donors (Lipinski definition) is 0. The van der Waals surface area contributed by atoms with E-state index >= 15 is 0 Å². The van der Waals surface area contributed by atoms with E-state index in [0.717, 1.165) is 5.56 Å². The number of nitrogens with zero attached hydrogens (tertiary/aromatic N) is 1. The van der Waals surface area contributed by atoms with Crippen molar-refractivity contribution in [1.82, 2.24) is 4.98 Å². The Morgan fingerprint density at radius 3 is 2.50 bits per heavy atom. The van der Waals surface area contributed by atoms with Crippen molar-refractivity contribution in [1.29, 1.82) is 0 Å². The summed E-state index contributed by atoms with van der Waals surface area (Å²) in [6.45, 7) is 1.84. The van der Waals surface area contributed by atoms with E-state index < -0.39 is 0 Å². The average molecular weight is 280 g/mol. The van der Waals surface area contributed by atoms with E-state index in [1.807, 2.05) is 19.1 Å². The minimum atomic E-state index is -0.274. The third-order valence-electron chi connectivity index (χ3n) is 2.79. The topological polar surface area (TPSA) is 30.0 Å². The smallest absolute Gasteiger partial charge is 0.171 e. The number of Topliss-reactive ketones (excluding diaryl/α,β-unsaturated/α-hetero) is 1. The highest BCUT2D eigenvalue weighted by atomic mass is 35.5. The van der Waals surface area contributed by atoms with Crippen LogP contribution in [0.1, 0.15) is 28.8 Å². The van der Waals surface area contributed by atoms with Crippen LogP contribution in [0, 0.1) is 0 Å². The largest absolute Gasteiger partial charge is 0.293 e. The molecule has 2 aromatic rings. The van der Waals surface area contributed by atoms with E-state index in [1.54, 1.807) is 30.6 Å². The van der Waals surface area contributed by atoms with Crippen LogP contribution in [0.4, 0.5) is 0 Å². The fraction of sp³-hybridized carbons (Fsp3) is 0.143. The van der Waals surface area contributed by atoms with Gasteiger partial charge in [0, 0.05) is 28.9 Å². The zero-order chi connectivity index (χ0) is 13.1. The molecule has 0 amide bonds. The molecule has 0 aliphatic rings. The van der Waals surface area contributed by atoms with Crippen LogP contribution in [0.3, 0.4) is 0 Å². The fourth-order valence-electron chi connectivity index (χ4n) is 1.72. The summed E-state index contributed by atoms with van der Waals surface area (Å²) < 4.78 is 0. The molecule has 0 spiro atoms. The molecule has 1 heterocycles. The van der Waals surface area contributed by atoms with Crippen molar-refractivity contribution in [3.8, 4) is 0 Å². The number of halogens is 2. The second-order valence-corrected chi connectivity index (χ2v) is 4.83. The fourth-order valence-corrected chi connectivity index (χ4v) is 2.11. The summed E-state index contributed by atoms with van der Waals surface area (Å²) in [5.41, 5.74) is 1.36. The number of benzene rings is 1. The summed E-state index contributed by atoms with van der Waals surface area (Å²) in [7, 11) is 0. The van der Waals surface area contributed by atoms with Crippen molar-refractivity contribution in [2.24, 2.45) is 0 Å². The minimum Gasteiger partial charge on any atom is -0.293 e. The van der Waals surface area contributed by atoms with Gasteiger partial charge in [-0.25, -0.2) is 0 Å². The molecule has 2 nitrogen and oxygen atoms in total. The Hall–Kier alpha value is -1.38. The molecule has 2 rings (SSSR count). The summed E-state index contributed by atoms with van der Waals surface area (Å²) in [6.07, 6.45) is 3.33. The summed E-state index contributed by atoms with van der Waals surface area (Å²) in [5.74, 6) is -0.322. The third kappa shape index (κ3) is 2.71. The van der Waals surface area contributed by atoms with Crippen LogP contribution in [-0.2, 0) is 0 Å². The molecule has 1 atom stereocenters. The Balaban J connectivity index is 2.34. The second kappa shape index (κ2) is 5.51. The van der Waals surface area contributed by atoms with Crippen LogP contribution in [0.2, 0.25) is 10.0 Å². The van der Waals surface area contributed by atoms with Gasteiger partial charge in [0.2, 0.25) is 0 Å². The Labute approximate surface area is 116 Å². The predicted molar refractivity (Wildman–Crippen MR) is 73.4 cm³/mol. The molecule has 0 N–H and O–H groups in total. The number of aromatic nitrogens is 1. The van der Waals surface area contributed by atoms with E-state index in [0.29, 0.717) is 15.6 Å². The van der Waals surface area contributed by atoms with Gasteiger partial charge in [0.15, 0.2) is 5.78 Å². The molecule has 0 aliphatic carbocycles. The maximum absolute atomic E-state index is 12.4. The molecule has 92 valence electrons. The second-order valence-electron chi connectivity index (χ2n) is 3.99. The Morgan fingerprint density at radius 1 is 1.17 bits per heavy atom. The lowest BCUT2D eigenvalue weighted by atomic mass is 9.93. The van der Waals surface area contributed by atoms with Crippen molar-refractivity contribution in [2.45, 2.75) is 12.8 Å². The Morgan fingerprint density at radius 2 is 1.83 bits per heavy atom. The zero-order valence-corrected chi connectivity index (χ0v) is 11.2. The van der Waals surface area contributed by atoms with Crippen molar-refractivity contribution in [3.05, 3.63) is 63.9 Å². The van der Waals surface area contributed by atoms with Crippen LogP contribution in [-0.4, -0.2) is 10.8 Å². The highest BCUT2D eigenvalue weighted by Crippen LogP contribution is 2.27. The van der Waals surface area contributed by atoms with E-state index in [4.69, 9.17) is 23.2 Å². The number of hydrogen-bond acceptors (Lipinski definition) is 2. The standard InChI is InChI=1S/C14H11Cl2NO/c1-9(10-4-6-17-7-5-10)14(18)12-8-11(15)2-3-13(12)16/h2-9H,1H3. The van der Waals surface area contributed by atoms with Gasteiger partial charge in [0.25, 0.3) is 0 Å². The molecular formula is C14H11Cl2NO. The Kier molecular flexibility index (Phi) is 4.00. The van der Waals surface area contributed by atoms with Gasteiger partial charge in [-0.2, -0.15) is 0 Å². The number of carbonyl (C=O) groups excluding carboxylic acids is 1. The van der Waals surface area contributed by atoms with Crippen molar-refractivity contribution in [2.75, 3.05) is 0 Å². The van der Waals surface area contributed by atoms with Crippen LogP contribution in [0.15, 0.2) is 42.7 Å². The summed E-state index contributed by atoms with van der Waals surface area (Å²) in [5, 5.41) is 0.926. The highest BCUT2D eigenvalue weighted by molar-refractivity contribution is 6.36. The summed E-state index contributed by atoms with van der Waals surface area (Å²) in [4.78, 5) is 16.3. The van der Waals surface area contributed by atoms with Gasteiger partial charge < -0.3 is 0 Å². The lowest BCUT2D eigenvalue weighted by Crippen LogP contribution is -2.10. The van der Waals surface area contributed by atoms with Gasteiger partial charge in [-0.3, -0.25) is 9.78 Å². The average Bonchev–Trinajstić information content (AvgIpc) is 2.41. The van der Waals surface area contributed by atoms with E-state index in [9.17, 15) is 4.79 Å². The molecule has 0 saturated carbocycles. The molecule has 1 aromatic heterocycles. The van der Waals surface area contributed by atoms with Gasteiger partial charge in [-0.15, -0.1) is 0 Å². The first-order valence-electron chi connectivity index (χ1n) is 5.49. The van der Waals surface area contributed by atoms with E-state index in [-0.39, 0.29) is 11.7 Å². The van der Waals surface area contributed by atoms with Gasteiger partial charge in [-0.05, 0) is 35.9 Å². The van der Waals surface area contributed by atoms with Crippen LogP contribution in [0.25, 0.3) is 0 Å². The van der Waals surface area contributed by atoms with E-state index in [2.05, 4.69) is 4.98 Å². The monoisotopic (exact) mass is 279 g/mol. The maximum atomic E-state index is 12.4. The number of pyridine rings is 1. The maximum Gasteiger partial charge on any atom is 0.171 e. The lowest BCUT2D eigenvalue weighted by Gasteiger charge is -2.12. The van der Waals surface area contributed by atoms with Crippen molar-refractivity contribution < 1.29 is 4.79 Å². The molecular weight excluding hydrogens is 269 g/mol. The Bertz CT molecular complexity index is 569. The van der Waals surface area contributed by atoms with Crippen molar-refractivity contribution in [3.63, 3.8) is 0 Å². The van der Waals surface area contributed by atoms with Gasteiger partial charge in [0.1, 0.15) is 0 Å². The summed E-state index contributed by atoms with van der Waals surface area (Å²) in [6, 6.07) is 8.54.